The van der Waals surface area contributed by atoms with Crippen molar-refractivity contribution in [1.82, 2.24) is 19.8 Å². The maximum absolute atomic E-state index is 12.6. The van der Waals surface area contributed by atoms with E-state index in [2.05, 4.69) is 31.9 Å². The highest BCUT2D eigenvalue weighted by atomic mass is 19.4. The zero-order valence-electron chi connectivity index (χ0n) is 23.6. The van der Waals surface area contributed by atoms with E-state index in [-0.39, 0.29) is 5.91 Å². The Balaban J connectivity index is 0.000000413. The number of carboxylic acid groups (broad SMARTS) is 3. The molecule has 20 heteroatoms. The van der Waals surface area contributed by atoms with Crippen LogP contribution in [0.15, 0.2) is 42.7 Å². The molecule has 11 nitrogen and oxygen atoms in total. The first-order valence-electron chi connectivity index (χ1n) is 12.8. The molecule has 3 N–H and O–H groups in total. The molecule has 0 aromatic carbocycles. The van der Waals surface area contributed by atoms with Crippen molar-refractivity contribution in [1.29, 1.82) is 0 Å². The van der Waals surface area contributed by atoms with Crippen LogP contribution in [0.25, 0.3) is 0 Å². The number of piperidine rings is 1. The molecule has 2 aromatic rings. The fraction of sp³-hybridized carbons (Fsp3) is 0.462. The van der Waals surface area contributed by atoms with Crippen LogP contribution in [0.1, 0.15) is 36.2 Å². The lowest BCUT2D eigenvalue weighted by molar-refractivity contribution is -0.193. The van der Waals surface area contributed by atoms with Gasteiger partial charge in [-0.2, -0.15) is 39.5 Å². The van der Waals surface area contributed by atoms with Crippen molar-refractivity contribution in [2.45, 2.75) is 69.9 Å². The molecule has 2 saturated heterocycles. The molecule has 0 saturated carbocycles. The summed E-state index contributed by atoms with van der Waals surface area (Å²) in [6, 6.07) is 11.0. The van der Waals surface area contributed by atoms with E-state index in [0.29, 0.717) is 25.0 Å². The van der Waals surface area contributed by atoms with E-state index in [1.165, 1.54) is 5.56 Å². The number of hydrogen-bond acceptors (Lipinski definition) is 7. The highest BCUT2D eigenvalue weighted by Gasteiger charge is 2.43. The summed E-state index contributed by atoms with van der Waals surface area (Å²) in [5.74, 6) is -8.00. The van der Waals surface area contributed by atoms with Gasteiger partial charge in [-0.25, -0.2) is 14.4 Å². The molecular formula is C26H27F9N4O7. The third-order valence-corrected chi connectivity index (χ3v) is 6.14. The maximum atomic E-state index is 12.6. The molecule has 4 heterocycles. The monoisotopic (exact) mass is 678 g/mol. The topological polar surface area (TPSA) is 161 Å². The van der Waals surface area contributed by atoms with Crippen LogP contribution < -0.4 is 0 Å². The van der Waals surface area contributed by atoms with Crippen LogP contribution in [0.2, 0.25) is 0 Å². The number of amides is 1. The number of rotatable bonds is 4. The third-order valence-electron chi connectivity index (χ3n) is 6.14. The molecule has 2 aromatic heterocycles. The summed E-state index contributed by atoms with van der Waals surface area (Å²) < 4.78 is 95.2. The van der Waals surface area contributed by atoms with Crippen LogP contribution in [-0.2, 0) is 32.3 Å². The Kier molecular flexibility index (Phi) is 14.4. The first kappa shape index (κ1) is 39.5. The first-order valence-corrected chi connectivity index (χ1v) is 12.8. The number of nitrogens with zero attached hydrogens (tertiary/aromatic N) is 4. The van der Waals surface area contributed by atoms with Gasteiger partial charge in [0.2, 0.25) is 5.91 Å². The highest BCUT2D eigenvalue weighted by molar-refractivity contribution is 5.77. The standard InChI is InChI=1S/C20H24N4O.3C2HF3O2/c1-15-3-2-4-17(22-15)14-24-19-9-12-23(18(19)5-6-20(24)25)13-16-7-10-21-11-8-16;3*3-2(4,5)1(6)7/h2-4,7-8,10-11,18-19H,5-6,9,12-14H2,1H3;3*(H,6,7)/t18-,19-;;;/m1.../s1. The van der Waals surface area contributed by atoms with Gasteiger partial charge in [0.05, 0.1) is 12.2 Å². The molecule has 2 atom stereocenters. The van der Waals surface area contributed by atoms with Crippen LogP contribution in [0.4, 0.5) is 39.5 Å². The van der Waals surface area contributed by atoms with Gasteiger partial charge < -0.3 is 20.2 Å². The van der Waals surface area contributed by atoms with Crippen molar-refractivity contribution in [3.63, 3.8) is 0 Å². The van der Waals surface area contributed by atoms with Crippen LogP contribution in [-0.4, -0.2) is 96.1 Å². The molecule has 0 bridgehead atoms. The average Bonchev–Trinajstić information content (AvgIpc) is 3.33. The van der Waals surface area contributed by atoms with Gasteiger partial charge in [0.25, 0.3) is 0 Å². The van der Waals surface area contributed by atoms with Crippen LogP contribution in [0, 0.1) is 6.92 Å². The zero-order valence-corrected chi connectivity index (χ0v) is 23.6. The normalized spacial score (nSPS) is 18.0. The van der Waals surface area contributed by atoms with E-state index in [1.54, 1.807) is 0 Å². The molecule has 2 aliphatic heterocycles. The number of aromatic nitrogens is 2. The van der Waals surface area contributed by atoms with Gasteiger partial charge in [-0.1, -0.05) is 6.07 Å². The summed E-state index contributed by atoms with van der Waals surface area (Å²) in [6.45, 7) is 4.61. The molecule has 0 aliphatic carbocycles. The number of aryl methyl sites for hydroxylation is 1. The Morgan fingerprint density at radius 3 is 1.70 bits per heavy atom. The first-order chi connectivity index (χ1) is 21.0. The predicted octanol–water partition coefficient (Wildman–Crippen LogP) is 4.45. The second kappa shape index (κ2) is 16.7. The molecular weight excluding hydrogens is 651 g/mol. The molecule has 1 amide bonds. The molecule has 0 unspecified atom stereocenters. The van der Waals surface area contributed by atoms with Crippen molar-refractivity contribution in [2.75, 3.05) is 6.54 Å². The quantitative estimate of drug-likeness (QED) is 0.394. The fourth-order valence-electron chi connectivity index (χ4n) is 4.22. The number of carbonyl (C=O) groups excluding carboxylic acids is 1. The Labute approximate surface area is 254 Å². The summed E-state index contributed by atoms with van der Waals surface area (Å²) in [4.78, 5) is 52.5. The van der Waals surface area contributed by atoms with Crippen molar-refractivity contribution in [3.8, 4) is 0 Å². The Bertz CT molecular complexity index is 1270. The number of fused-ring (bicyclic) bond motifs is 1. The number of carbonyl (C=O) groups is 4. The molecule has 0 radical (unpaired) electrons. The van der Waals surface area contributed by atoms with Gasteiger partial charge in [-0.15, -0.1) is 0 Å². The van der Waals surface area contributed by atoms with Gasteiger partial charge in [-0.3, -0.25) is 19.7 Å². The van der Waals surface area contributed by atoms with Crippen molar-refractivity contribution >= 4 is 23.8 Å². The number of aliphatic carboxylic acids is 3. The summed E-state index contributed by atoms with van der Waals surface area (Å²) in [5, 5.41) is 21.4. The minimum absolute atomic E-state index is 0.273. The second-order valence-corrected chi connectivity index (χ2v) is 9.49. The van der Waals surface area contributed by atoms with Crippen molar-refractivity contribution in [3.05, 3.63) is 59.7 Å². The Morgan fingerprint density at radius 2 is 1.26 bits per heavy atom. The lowest BCUT2D eigenvalue weighted by atomic mass is 9.95. The fourth-order valence-corrected chi connectivity index (χ4v) is 4.22. The Hall–Kier alpha value is -4.49. The van der Waals surface area contributed by atoms with E-state index < -0.39 is 36.4 Å². The molecule has 46 heavy (non-hydrogen) atoms. The van der Waals surface area contributed by atoms with Crippen molar-refractivity contribution in [2.24, 2.45) is 0 Å². The molecule has 2 aliphatic rings. The largest absolute Gasteiger partial charge is 0.490 e. The number of alkyl halides is 9. The number of hydrogen-bond donors (Lipinski definition) is 3. The van der Waals surface area contributed by atoms with E-state index >= 15 is 0 Å². The molecule has 0 spiro atoms. The predicted molar refractivity (Wildman–Crippen MR) is 137 cm³/mol. The second-order valence-electron chi connectivity index (χ2n) is 9.49. The maximum Gasteiger partial charge on any atom is 0.490 e. The van der Waals surface area contributed by atoms with Crippen LogP contribution >= 0.6 is 0 Å². The zero-order chi connectivity index (χ0) is 35.5. The molecule has 256 valence electrons. The summed E-state index contributed by atoms with van der Waals surface area (Å²) >= 11 is 0. The van der Waals surface area contributed by atoms with Gasteiger partial charge in [-0.05, 0) is 49.6 Å². The summed E-state index contributed by atoms with van der Waals surface area (Å²) in [5.41, 5.74) is 3.28. The number of carboxylic acids is 3. The molecule has 2 fully saturated rings. The number of halogens is 9. The number of pyridine rings is 2. The Morgan fingerprint density at radius 1 is 0.783 bits per heavy atom. The van der Waals surface area contributed by atoms with E-state index in [1.807, 2.05) is 37.5 Å². The number of likely N-dealkylation sites (tertiary alicyclic amines) is 2. The lowest BCUT2D eigenvalue weighted by Gasteiger charge is -2.39. The minimum Gasteiger partial charge on any atom is -0.475 e. The van der Waals surface area contributed by atoms with Gasteiger partial charge in [0.15, 0.2) is 0 Å². The van der Waals surface area contributed by atoms with Crippen molar-refractivity contribution < 1.29 is 74.0 Å². The van der Waals surface area contributed by atoms with Crippen LogP contribution in [0.3, 0.4) is 0 Å². The minimum atomic E-state index is -5.08. The molecule has 4 rings (SSSR count). The van der Waals surface area contributed by atoms with Gasteiger partial charge >= 0.3 is 36.4 Å². The average molecular weight is 679 g/mol. The third kappa shape index (κ3) is 13.7. The van der Waals surface area contributed by atoms with Crippen LogP contribution in [0.5, 0.6) is 0 Å². The van der Waals surface area contributed by atoms with E-state index in [0.717, 1.165) is 37.3 Å². The lowest BCUT2D eigenvalue weighted by Crippen LogP contribution is -2.51. The summed E-state index contributed by atoms with van der Waals surface area (Å²) in [7, 11) is 0. The summed E-state index contributed by atoms with van der Waals surface area (Å²) in [6.07, 6.45) is -8.90. The van der Waals surface area contributed by atoms with Gasteiger partial charge in [0.1, 0.15) is 0 Å². The van der Waals surface area contributed by atoms with E-state index in [4.69, 9.17) is 29.7 Å². The SMILES string of the molecule is Cc1cccc(CN2C(=O)CC[C@@H]3[C@H]2CCN3Cc2ccncc2)n1.O=C(O)C(F)(F)F.O=C(O)C(F)(F)F.O=C(O)C(F)(F)F. The smallest absolute Gasteiger partial charge is 0.475 e. The van der Waals surface area contributed by atoms with E-state index in [9.17, 15) is 44.3 Å². The highest BCUT2D eigenvalue weighted by Crippen LogP contribution is 2.33. The van der Waals surface area contributed by atoms with Gasteiger partial charge in [0, 0.05) is 49.7 Å².